The van der Waals surface area contributed by atoms with Gasteiger partial charge in [-0.2, -0.15) is 0 Å². The van der Waals surface area contributed by atoms with Crippen LogP contribution in [0.4, 0.5) is 0 Å². The van der Waals surface area contributed by atoms with Crippen LogP contribution < -0.4 is 10.9 Å². The summed E-state index contributed by atoms with van der Waals surface area (Å²) < 4.78 is 1.28. The molecular formula is C19H20N2O5. The van der Waals surface area contributed by atoms with Crippen molar-refractivity contribution < 1.29 is 19.8 Å². The maximum Gasteiger partial charge on any atom is 0.265 e. The van der Waals surface area contributed by atoms with E-state index < -0.39 is 11.3 Å². The number of hydrogen-bond donors (Lipinski definition) is 3. The Morgan fingerprint density at radius 2 is 2.00 bits per heavy atom. The van der Waals surface area contributed by atoms with Crippen molar-refractivity contribution in [3.05, 3.63) is 69.1 Å². The van der Waals surface area contributed by atoms with Crippen LogP contribution in [-0.4, -0.2) is 39.6 Å². The van der Waals surface area contributed by atoms with Crippen LogP contribution >= 0.6 is 0 Å². The van der Waals surface area contributed by atoms with Crippen LogP contribution in [-0.2, 0) is 7.05 Å². The molecule has 3 N–H and O–H groups in total. The van der Waals surface area contributed by atoms with Crippen molar-refractivity contribution in [1.29, 1.82) is 0 Å². The Morgan fingerprint density at radius 3 is 2.69 bits per heavy atom. The minimum Gasteiger partial charge on any atom is -0.507 e. The molecule has 7 nitrogen and oxygen atoms in total. The predicted molar refractivity (Wildman–Crippen MR) is 97.3 cm³/mol. The topological polar surface area (TPSA) is 109 Å². The fourth-order valence-electron chi connectivity index (χ4n) is 2.35. The fraction of sp³-hybridized carbons (Fsp3) is 0.211. The van der Waals surface area contributed by atoms with Crippen molar-refractivity contribution in [3.8, 4) is 5.75 Å². The molecule has 2 rings (SSSR count). The van der Waals surface area contributed by atoms with E-state index in [4.69, 9.17) is 5.11 Å². The number of carbonyl (C=O) groups is 2. The predicted octanol–water partition coefficient (Wildman–Crippen LogP) is 1.02. The molecule has 0 atom stereocenters. The third-order valence-electron chi connectivity index (χ3n) is 3.87. The summed E-state index contributed by atoms with van der Waals surface area (Å²) >= 11 is 0. The molecule has 1 aromatic heterocycles. The van der Waals surface area contributed by atoms with Crippen molar-refractivity contribution in [3.63, 3.8) is 0 Å². The van der Waals surface area contributed by atoms with E-state index in [1.165, 1.54) is 29.8 Å². The largest absolute Gasteiger partial charge is 0.507 e. The van der Waals surface area contributed by atoms with Gasteiger partial charge in [0.2, 0.25) is 0 Å². The maximum absolute atomic E-state index is 12.3. The number of carbonyl (C=O) groups excluding carboxylic acids is 2. The van der Waals surface area contributed by atoms with Gasteiger partial charge in [-0.3, -0.25) is 14.4 Å². The molecule has 0 aliphatic rings. The van der Waals surface area contributed by atoms with E-state index in [0.717, 1.165) is 0 Å². The Labute approximate surface area is 150 Å². The molecule has 0 saturated heterocycles. The SMILES string of the molecule is Cc1cc(O)c(C(=O)C=Cc2cccc(C(=O)NCCO)c2)c(=O)n1C. The third kappa shape index (κ3) is 4.25. The lowest BCUT2D eigenvalue weighted by molar-refractivity contribution is 0.0944. The van der Waals surface area contributed by atoms with Gasteiger partial charge in [0.25, 0.3) is 11.5 Å². The molecule has 0 saturated carbocycles. The first-order chi connectivity index (χ1) is 12.3. The fourth-order valence-corrected chi connectivity index (χ4v) is 2.35. The molecule has 0 aliphatic heterocycles. The molecule has 1 amide bonds. The van der Waals surface area contributed by atoms with Gasteiger partial charge in [0.15, 0.2) is 5.78 Å². The molecule has 0 fully saturated rings. The highest BCUT2D eigenvalue weighted by molar-refractivity contribution is 6.08. The Hall–Kier alpha value is -3.19. The number of aliphatic hydroxyl groups is 1. The molecule has 0 unspecified atom stereocenters. The van der Waals surface area contributed by atoms with Gasteiger partial charge in [-0.15, -0.1) is 0 Å². The first-order valence-corrected chi connectivity index (χ1v) is 7.96. The highest BCUT2D eigenvalue weighted by Gasteiger charge is 2.16. The summed E-state index contributed by atoms with van der Waals surface area (Å²) in [5.41, 5.74) is 0.621. The lowest BCUT2D eigenvalue weighted by atomic mass is 10.1. The molecule has 0 radical (unpaired) electrons. The second-order valence-electron chi connectivity index (χ2n) is 5.71. The summed E-state index contributed by atoms with van der Waals surface area (Å²) in [5.74, 6) is -1.33. The van der Waals surface area contributed by atoms with Gasteiger partial charge in [-0.25, -0.2) is 0 Å². The zero-order valence-electron chi connectivity index (χ0n) is 14.5. The first-order valence-electron chi connectivity index (χ1n) is 7.96. The number of hydrogen-bond acceptors (Lipinski definition) is 5. The summed E-state index contributed by atoms with van der Waals surface area (Å²) in [4.78, 5) is 36.4. The number of aromatic nitrogens is 1. The van der Waals surface area contributed by atoms with Gasteiger partial charge in [0.1, 0.15) is 11.3 Å². The van der Waals surface area contributed by atoms with Gasteiger partial charge in [0, 0.05) is 30.9 Å². The first kappa shape index (κ1) is 19.1. The van der Waals surface area contributed by atoms with Gasteiger partial charge in [-0.1, -0.05) is 18.2 Å². The molecule has 0 spiro atoms. The highest BCUT2D eigenvalue weighted by Crippen LogP contribution is 2.16. The number of nitrogens with zero attached hydrogens (tertiary/aromatic N) is 1. The van der Waals surface area contributed by atoms with E-state index >= 15 is 0 Å². The Morgan fingerprint density at radius 1 is 1.27 bits per heavy atom. The van der Waals surface area contributed by atoms with Gasteiger partial charge < -0.3 is 20.1 Å². The van der Waals surface area contributed by atoms with Crippen molar-refractivity contribution in [2.75, 3.05) is 13.2 Å². The summed E-state index contributed by atoms with van der Waals surface area (Å²) in [6, 6.07) is 7.88. The number of aromatic hydroxyl groups is 1. The van der Waals surface area contributed by atoms with Gasteiger partial charge in [0.05, 0.1) is 6.61 Å². The maximum atomic E-state index is 12.3. The average Bonchev–Trinajstić information content (AvgIpc) is 2.62. The molecule has 0 aliphatic carbocycles. The quantitative estimate of drug-likeness (QED) is 0.529. The third-order valence-corrected chi connectivity index (χ3v) is 3.87. The second kappa shape index (κ2) is 8.26. The number of benzene rings is 1. The van der Waals surface area contributed by atoms with Crippen molar-refractivity contribution >= 4 is 17.8 Å². The Kier molecular flexibility index (Phi) is 6.08. The van der Waals surface area contributed by atoms with Gasteiger partial charge >= 0.3 is 0 Å². The highest BCUT2D eigenvalue weighted by atomic mass is 16.3. The molecule has 26 heavy (non-hydrogen) atoms. The number of nitrogens with one attached hydrogen (secondary N) is 1. The van der Waals surface area contributed by atoms with Crippen LogP contribution in [0.3, 0.4) is 0 Å². The molecule has 7 heteroatoms. The summed E-state index contributed by atoms with van der Waals surface area (Å²) in [5, 5.41) is 21.2. The van der Waals surface area contributed by atoms with E-state index in [0.29, 0.717) is 16.8 Å². The van der Waals surface area contributed by atoms with E-state index in [1.54, 1.807) is 31.2 Å². The summed E-state index contributed by atoms with van der Waals surface area (Å²) in [6.07, 6.45) is 2.64. The molecule has 0 bridgehead atoms. The van der Waals surface area contributed by atoms with Crippen molar-refractivity contribution in [2.45, 2.75) is 6.92 Å². The normalized spacial score (nSPS) is 10.9. The zero-order valence-corrected chi connectivity index (χ0v) is 14.5. The number of pyridine rings is 1. The number of allylic oxidation sites excluding steroid dienone is 1. The average molecular weight is 356 g/mol. The van der Waals surface area contributed by atoms with Crippen LogP contribution in [0.25, 0.3) is 6.08 Å². The lowest BCUT2D eigenvalue weighted by Gasteiger charge is -2.07. The summed E-state index contributed by atoms with van der Waals surface area (Å²) in [7, 11) is 1.52. The minimum absolute atomic E-state index is 0.146. The molecular weight excluding hydrogens is 336 g/mol. The van der Waals surface area contributed by atoms with Crippen LogP contribution in [0, 0.1) is 6.92 Å². The van der Waals surface area contributed by atoms with E-state index in [1.807, 2.05) is 0 Å². The Balaban J connectivity index is 2.26. The zero-order chi connectivity index (χ0) is 19.3. The van der Waals surface area contributed by atoms with Crippen LogP contribution in [0.2, 0.25) is 0 Å². The standard InChI is InChI=1S/C19H20N2O5/c1-12-10-16(24)17(19(26)21(12)2)15(23)7-6-13-4-3-5-14(11-13)18(25)20-8-9-22/h3-7,10-11,22,24H,8-9H2,1-2H3,(H,20,25). The monoisotopic (exact) mass is 356 g/mol. The number of aliphatic hydroxyl groups excluding tert-OH is 1. The van der Waals surface area contributed by atoms with Crippen LogP contribution in [0.1, 0.15) is 32.0 Å². The summed E-state index contributed by atoms with van der Waals surface area (Å²) in [6.45, 7) is 1.64. The number of aryl methyl sites for hydroxylation is 1. The van der Waals surface area contributed by atoms with E-state index in [-0.39, 0.29) is 30.4 Å². The van der Waals surface area contributed by atoms with Crippen LogP contribution in [0.5, 0.6) is 5.75 Å². The molecule has 1 aromatic carbocycles. The number of rotatable bonds is 6. The Bertz CT molecular complexity index is 928. The number of ketones is 1. The lowest BCUT2D eigenvalue weighted by Crippen LogP contribution is -2.26. The van der Waals surface area contributed by atoms with Crippen molar-refractivity contribution in [1.82, 2.24) is 9.88 Å². The minimum atomic E-state index is -0.627. The van der Waals surface area contributed by atoms with Crippen LogP contribution in [0.15, 0.2) is 41.2 Å². The smallest absolute Gasteiger partial charge is 0.265 e. The van der Waals surface area contributed by atoms with Gasteiger partial charge in [-0.05, 0) is 30.7 Å². The molecule has 2 aromatic rings. The number of amides is 1. The van der Waals surface area contributed by atoms with E-state index in [9.17, 15) is 19.5 Å². The second-order valence-corrected chi connectivity index (χ2v) is 5.71. The van der Waals surface area contributed by atoms with E-state index in [2.05, 4.69) is 5.32 Å². The molecule has 1 heterocycles. The van der Waals surface area contributed by atoms with Crippen molar-refractivity contribution in [2.24, 2.45) is 7.05 Å². The molecule has 136 valence electrons.